The van der Waals surface area contributed by atoms with Crippen LogP contribution in [0.15, 0.2) is 53.4 Å². The zero-order chi connectivity index (χ0) is 15.6. The van der Waals surface area contributed by atoms with Crippen molar-refractivity contribution in [3.05, 3.63) is 48.5 Å². The van der Waals surface area contributed by atoms with E-state index in [1.54, 1.807) is 12.1 Å². The largest absolute Gasteiger partial charge is 0.372 e. The van der Waals surface area contributed by atoms with Crippen LogP contribution < -0.4 is 4.90 Å². The van der Waals surface area contributed by atoms with E-state index in [0.29, 0.717) is 0 Å². The third-order valence-electron chi connectivity index (χ3n) is 4.07. The summed E-state index contributed by atoms with van der Waals surface area (Å²) in [5.74, 6) is 0. The Labute approximate surface area is 131 Å². The minimum atomic E-state index is -4.13. The second-order valence-electron chi connectivity index (χ2n) is 5.59. The second kappa shape index (κ2) is 6.10. The first-order valence-corrected chi connectivity index (χ1v) is 8.91. The Bertz CT molecular complexity index is 730. The Morgan fingerprint density at radius 3 is 1.77 bits per heavy atom. The van der Waals surface area contributed by atoms with E-state index >= 15 is 0 Å². The SMILES string of the molecule is O=S(=O)(O)c1ccc(-c2ccc(N3CCCCC3)cc2)cc1. The summed E-state index contributed by atoms with van der Waals surface area (Å²) in [6, 6.07) is 14.6. The molecule has 0 amide bonds. The Morgan fingerprint density at radius 1 is 0.773 bits per heavy atom. The third-order valence-corrected chi connectivity index (χ3v) is 4.94. The minimum absolute atomic E-state index is 0.0822. The van der Waals surface area contributed by atoms with Crippen molar-refractivity contribution in [2.24, 2.45) is 0 Å². The first kappa shape index (κ1) is 15.1. The predicted octanol–water partition coefficient (Wildman–Crippen LogP) is 3.59. The van der Waals surface area contributed by atoms with Crippen LogP contribution in [0.4, 0.5) is 5.69 Å². The van der Waals surface area contributed by atoms with Gasteiger partial charge < -0.3 is 4.90 Å². The topological polar surface area (TPSA) is 57.6 Å². The smallest absolute Gasteiger partial charge is 0.294 e. The lowest BCUT2D eigenvalue weighted by Gasteiger charge is -2.28. The highest BCUT2D eigenvalue weighted by atomic mass is 32.2. The molecule has 2 aromatic rings. The summed E-state index contributed by atoms with van der Waals surface area (Å²) >= 11 is 0. The summed E-state index contributed by atoms with van der Waals surface area (Å²) in [5, 5.41) is 0. The summed E-state index contributed by atoms with van der Waals surface area (Å²) in [6.07, 6.45) is 3.81. The van der Waals surface area contributed by atoms with E-state index in [9.17, 15) is 8.42 Å². The molecule has 0 aromatic heterocycles. The van der Waals surface area contributed by atoms with E-state index in [-0.39, 0.29) is 4.90 Å². The molecule has 1 aliphatic rings. The van der Waals surface area contributed by atoms with Gasteiger partial charge in [-0.1, -0.05) is 24.3 Å². The highest BCUT2D eigenvalue weighted by molar-refractivity contribution is 7.85. The maximum absolute atomic E-state index is 11.1. The molecular formula is C17H19NO3S. The predicted molar refractivity (Wildman–Crippen MR) is 87.8 cm³/mol. The quantitative estimate of drug-likeness (QED) is 0.879. The molecule has 0 aliphatic carbocycles. The van der Waals surface area contributed by atoms with Crippen LogP contribution in [0.25, 0.3) is 11.1 Å². The molecule has 2 aromatic carbocycles. The fraction of sp³-hybridized carbons (Fsp3) is 0.294. The zero-order valence-electron chi connectivity index (χ0n) is 12.3. The van der Waals surface area contributed by atoms with Crippen LogP contribution in [0.5, 0.6) is 0 Å². The molecule has 116 valence electrons. The molecule has 0 bridgehead atoms. The van der Waals surface area contributed by atoms with E-state index in [2.05, 4.69) is 17.0 Å². The van der Waals surface area contributed by atoms with Crippen molar-refractivity contribution >= 4 is 15.8 Å². The third kappa shape index (κ3) is 3.31. The highest BCUT2D eigenvalue weighted by Crippen LogP contribution is 2.26. The number of piperidine rings is 1. The van der Waals surface area contributed by atoms with E-state index in [1.165, 1.54) is 37.1 Å². The summed E-state index contributed by atoms with van der Waals surface area (Å²) in [6.45, 7) is 2.23. The molecule has 0 spiro atoms. The van der Waals surface area contributed by atoms with Crippen molar-refractivity contribution in [2.75, 3.05) is 18.0 Å². The van der Waals surface area contributed by atoms with Gasteiger partial charge in [0.2, 0.25) is 0 Å². The first-order valence-electron chi connectivity index (χ1n) is 7.47. The van der Waals surface area contributed by atoms with Gasteiger partial charge in [-0.3, -0.25) is 4.55 Å². The maximum Gasteiger partial charge on any atom is 0.294 e. The maximum atomic E-state index is 11.1. The number of anilines is 1. The van der Waals surface area contributed by atoms with Gasteiger partial charge in [0, 0.05) is 18.8 Å². The Morgan fingerprint density at radius 2 is 1.27 bits per heavy atom. The standard InChI is InChI=1S/C17H19NO3S/c19-22(20,21)17-10-6-15(7-11-17)14-4-8-16(9-5-14)18-12-2-1-3-13-18/h4-11H,1-3,12-13H2,(H,19,20,21). The van der Waals surface area contributed by atoms with Gasteiger partial charge in [0.25, 0.3) is 10.1 Å². The monoisotopic (exact) mass is 317 g/mol. The molecular weight excluding hydrogens is 298 g/mol. The van der Waals surface area contributed by atoms with Crippen molar-refractivity contribution in [3.63, 3.8) is 0 Å². The summed E-state index contributed by atoms with van der Waals surface area (Å²) in [4.78, 5) is 2.32. The van der Waals surface area contributed by atoms with Crippen LogP contribution in [-0.2, 0) is 10.1 Å². The minimum Gasteiger partial charge on any atom is -0.372 e. The number of rotatable bonds is 3. The highest BCUT2D eigenvalue weighted by Gasteiger charge is 2.11. The van der Waals surface area contributed by atoms with Gasteiger partial charge in [-0.25, -0.2) is 0 Å². The Balaban J connectivity index is 1.80. The van der Waals surface area contributed by atoms with Crippen LogP contribution >= 0.6 is 0 Å². The van der Waals surface area contributed by atoms with Crippen molar-refractivity contribution in [3.8, 4) is 11.1 Å². The van der Waals surface area contributed by atoms with Crippen molar-refractivity contribution < 1.29 is 13.0 Å². The van der Waals surface area contributed by atoms with Crippen LogP contribution in [0.1, 0.15) is 19.3 Å². The lowest BCUT2D eigenvalue weighted by atomic mass is 10.0. The molecule has 1 heterocycles. The molecule has 0 radical (unpaired) electrons. The lowest BCUT2D eigenvalue weighted by Crippen LogP contribution is -2.29. The first-order chi connectivity index (χ1) is 10.5. The van der Waals surface area contributed by atoms with Crippen LogP contribution in [0.3, 0.4) is 0 Å². The molecule has 22 heavy (non-hydrogen) atoms. The number of benzene rings is 2. The van der Waals surface area contributed by atoms with Gasteiger partial charge in [0.15, 0.2) is 0 Å². The molecule has 3 rings (SSSR count). The molecule has 0 saturated carbocycles. The molecule has 1 saturated heterocycles. The van der Waals surface area contributed by atoms with Gasteiger partial charge >= 0.3 is 0 Å². The average molecular weight is 317 g/mol. The van der Waals surface area contributed by atoms with E-state index < -0.39 is 10.1 Å². The molecule has 0 atom stereocenters. The fourth-order valence-electron chi connectivity index (χ4n) is 2.84. The summed E-state index contributed by atoms with van der Waals surface area (Å²) in [5.41, 5.74) is 3.19. The van der Waals surface area contributed by atoms with Gasteiger partial charge in [0.05, 0.1) is 4.90 Å². The van der Waals surface area contributed by atoms with Crippen LogP contribution in [0, 0.1) is 0 Å². The lowest BCUT2D eigenvalue weighted by molar-refractivity contribution is 0.483. The zero-order valence-corrected chi connectivity index (χ0v) is 13.1. The summed E-state index contributed by atoms with van der Waals surface area (Å²) in [7, 11) is -4.13. The molecule has 1 aliphatic heterocycles. The van der Waals surface area contributed by atoms with Crippen molar-refractivity contribution in [1.82, 2.24) is 0 Å². The van der Waals surface area contributed by atoms with Gasteiger partial charge in [-0.05, 0) is 54.7 Å². The van der Waals surface area contributed by atoms with Gasteiger partial charge in [-0.2, -0.15) is 8.42 Å². The van der Waals surface area contributed by atoms with E-state index in [0.717, 1.165) is 24.2 Å². The second-order valence-corrected chi connectivity index (χ2v) is 7.02. The number of nitrogens with zero attached hydrogens (tertiary/aromatic N) is 1. The van der Waals surface area contributed by atoms with Crippen LogP contribution in [0.2, 0.25) is 0 Å². The molecule has 5 heteroatoms. The molecule has 4 nitrogen and oxygen atoms in total. The van der Waals surface area contributed by atoms with E-state index in [1.807, 2.05) is 12.1 Å². The van der Waals surface area contributed by atoms with Crippen LogP contribution in [-0.4, -0.2) is 26.1 Å². The van der Waals surface area contributed by atoms with Crippen molar-refractivity contribution in [2.45, 2.75) is 24.2 Å². The average Bonchev–Trinajstić information content (AvgIpc) is 2.55. The van der Waals surface area contributed by atoms with Crippen molar-refractivity contribution in [1.29, 1.82) is 0 Å². The number of hydrogen-bond acceptors (Lipinski definition) is 3. The van der Waals surface area contributed by atoms with Gasteiger partial charge in [0.1, 0.15) is 0 Å². The van der Waals surface area contributed by atoms with Gasteiger partial charge in [-0.15, -0.1) is 0 Å². The van der Waals surface area contributed by atoms with E-state index in [4.69, 9.17) is 4.55 Å². The Kier molecular flexibility index (Phi) is 4.18. The molecule has 1 N–H and O–H groups in total. The molecule has 0 unspecified atom stereocenters. The summed E-state index contributed by atoms with van der Waals surface area (Å²) < 4.78 is 31.1. The molecule has 1 fully saturated rings. The Hall–Kier alpha value is -1.85. The number of hydrogen-bond donors (Lipinski definition) is 1. The fourth-order valence-corrected chi connectivity index (χ4v) is 3.32. The normalized spacial score (nSPS) is 15.8.